The molecule has 0 saturated heterocycles. The van der Waals surface area contributed by atoms with Gasteiger partial charge in [-0.25, -0.2) is 14.6 Å². The number of pyridine rings is 1. The van der Waals surface area contributed by atoms with Gasteiger partial charge in [-0.05, 0) is 39.8 Å². The van der Waals surface area contributed by atoms with E-state index in [9.17, 15) is 0 Å². The fourth-order valence-electron chi connectivity index (χ4n) is 0.918. The average Bonchev–Trinajstić information content (AvgIpc) is 2.52. The molecule has 6 heteroatoms. The normalized spacial score (nSPS) is 10.4. The third-order valence-electron chi connectivity index (χ3n) is 1.56. The van der Waals surface area contributed by atoms with Gasteiger partial charge in [-0.15, -0.1) is 0 Å². The monoisotopic (exact) mass is 270 g/mol. The Balaban J connectivity index is 2.23. The van der Waals surface area contributed by atoms with E-state index in [1.807, 2.05) is 25.2 Å². The summed E-state index contributed by atoms with van der Waals surface area (Å²) < 4.78 is 2.54. The lowest BCUT2D eigenvalue weighted by atomic mass is 10.5. The number of aryl methyl sites for hydroxylation is 1. The summed E-state index contributed by atoms with van der Waals surface area (Å²) in [5.74, 6) is 0. The molecule has 0 saturated carbocycles. The van der Waals surface area contributed by atoms with Crippen LogP contribution in [-0.2, 0) is 7.05 Å². The molecule has 0 aliphatic carbocycles. The van der Waals surface area contributed by atoms with Crippen LogP contribution in [-0.4, -0.2) is 19.7 Å². The predicted molar refractivity (Wildman–Crippen MR) is 57.1 cm³/mol. The summed E-state index contributed by atoms with van der Waals surface area (Å²) in [7, 11) is 1.85. The number of rotatable bonds is 2. The molecule has 0 fully saturated rings. The SMILES string of the molecule is Cn1ncnc1Sc1cccc(Br)n1. The van der Waals surface area contributed by atoms with E-state index in [2.05, 4.69) is 31.0 Å². The van der Waals surface area contributed by atoms with Gasteiger partial charge in [-0.3, -0.25) is 0 Å². The maximum absolute atomic E-state index is 4.29. The van der Waals surface area contributed by atoms with Gasteiger partial charge in [0, 0.05) is 7.05 Å². The second kappa shape index (κ2) is 4.10. The second-order valence-electron chi connectivity index (χ2n) is 2.57. The van der Waals surface area contributed by atoms with Crippen LogP contribution in [0.2, 0.25) is 0 Å². The van der Waals surface area contributed by atoms with E-state index in [-0.39, 0.29) is 0 Å². The standard InChI is InChI=1S/C8H7BrN4S/c1-13-8(10-5-11-13)14-7-4-2-3-6(9)12-7/h2-5H,1H3. The summed E-state index contributed by atoms with van der Waals surface area (Å²) in [4.78, 5) is 8.39. The molecule has 0 aromatic carbocycles. The summed E-state index contributed by atoms with van der Waals surface area (Å²) in [6.45, 7) is 0. The van der Waals surface area contributed by atoms with Crippen molar-refractivity contribution in [2.75, 3.05) is 0 Å². The van der Waals surface area contributed by atoms with Crippen LogP contribution in [0.25, 0.3) is 0 Å². The summed E-state index contributed by atoms with van der Waals surface area (Å²) >= 11 is 4.80. The van der Waals surface area contributed by atoms with Crippen molar-refractivity contribution in [3.8, 4) is 0 Å². The number of nitrogens with zero attached hydrogens (tertiary/aromatic N) is 4. The second-order valence-corrected chi connectivity index (χ2v) is 4.37. The van der Waals surface area contributed by atoms with E-state index < -0.39 is 0 Å². The lowest BCUT2D eigenvalue weighted by molar-refractivity contribution is 0.684. The lowest BCUT2D eigenvalue weighted by Gasteiger charge is -1.99. The smallest absolute Gasteiger partial charge is 0.192 e. The van der Waals surface area contributed by atoms with Crippen LogP contribution in [0, 0.1) is 0 Å². The minimum Gasteiger partial charge on any atom is -0.244 e. The first-order chi connectivity index (χ1) is 6.75. The van der Waals surface area contributed by atoms with Crippen molar-refractivity contribution in [3.63, 3.8) is 0 Å². The minimum absolute atomic E-state index is 0.824. The molecule has 2 heterocycles. The van der Waals surface area contributed by atoms with Crippen molar-refractivity contribution in [2.24, 2.45) is 7.05 Å². The van der Waals surface area contributed by atoms with Crippen molar-refractivity contribution < 1.29 is 0 Å². The zero-order chi connectivity index (χ0) is 9.97. The van der Waals surface area contributed by atoms with Gasteiger partial charge < -0.3 is 0 Å². The molecular weight excluding hydrogens is 264 g/mol. The minimum atomic E-state index is 0.824. The van der Waals surface area contributed by atoms with Crippen LogP contribution in [0.3, 0.4) is 0 Å². The highest BCUT2D eigenvalue weighted by molar-refractivity contribution is 9.10. The van der Waals surface area contributed by atoms with Crippen molar-refractivity contribution in [1.29, 1.82) is 0 Å². The molecule has 0 amide bonds. The molecule has 0 bridgehead atoms. The molecule has 0 N–H and O–H groups in total. The first-order valence-electron chi connectivity index (χ1n) is 3.90. The Morgan fingerprint density at radius 3 is 2.93 bits per heavy atom. The zero-order valence-electron chi connectivity index (χ0n) is 7.38. The van der Waals surface area contributed by atoms with E-state index in [4.69, 9.17) is 0 Å². The van der Waals surface area contributed by atoms with Gasteiger partial charge >= 0.3 is 0 Å². The van der Waals surface area contributed by atoms with Gasteiger partial charge in [0.05, 0.1) is 0 Å². The number of aromatic nitrogens is 4. The van der Waals surface area contributed by atoms with E-state index in [1.165, 1.54) is 18.1 Å². The quantitative estimate of drug-likeness (QED) is 0.785. The van der Waals surface area contributed by atoms with Crippen molar-refractivity contribution >= 4 is 27.7 Å². The molecule has 0 atom stereocenters. The Morgan fingerprint density at radius 1 is 1.43 bits per heavy atom. The van der Waals surface area contributed by atoms with Gasteiger partial charge in [0.25, 0.3) is 0 Å². The fourth-order valence-corrected chi connectivity index (χ4v) is 2.14. The Bertz CT molecular complexity index is 442. The van der Waals surface area contributed by atoms with Gasteiger partial charge in [0.2, 0.25) is 0 Å². The van der Waals surface area contributed by atoms with Crippen LogP contribution in [0.1, 0.15) is 0 Å². The first-order valence-corrected chi connectivity index (χ1v) is 5.51. The molecule has 2 rings (SSSR count). The van der Waals surface area contributed by atoms with Gasteiger partial charge in [0.1, 0.15) is 16.0 Å². The maximum Gasteiger partial charge on any atom is 0.192 e. The zero-order valence-corrected chi connectivity index (χ0v) is 9.79. The van der Waals surface area contributed by atoms with Crippen molar-refractivity contribution in [1.82, 2.24) is 19.7 Å². The molecule has 4 nitrogen and oxygen atoms in total. The van der Waals surface area contributed by atoms with Crippen LogP contribution < -0.4 is 0 Å². The van der Waals surface area contributed by atoms with E-state index in [1.54, 1.807) is 4.68 Å². The van der Waals surface area contributed by atoms with E-state index in [0.29, 0.717) is 0 Å². The molecule has 0 aliphatic heterocycles. The molecule has 2 aromatic heterocycles. The van der Waals surface area contributed by atoms with Gasteiger partial charge in [-0.2, -0.15) is 5.10 Å². The van der Waals surface area contributed by atoms with Crippen LogP contribution in [0.5, 0.6) is 0 Å². The van der Waals surface area contributed by atoms with E-state index in [0.717, 1.165) is 14.8 Å². The Hall–Kier alpha value is -0.880. The molecule has 2 aromatic rings. The summed E-state index contributed by atoms with van der Waals surface area (Å²) in [6.07, 6.45) is 1.53. The first kappa shape index (κ1) is 9.67. The third kappa shape index (κ3) is 2.13. The van der Waals surface area contributed by atoms with Crippen LogP contribution in [0.15, 0.2) is 39.3 Å². The number of halogens is 1. The van der Waals surface area contributed by atoms with Crippen LogP contribution >= 0.6 is 27.7 Å². The van der Waals surface area contributed by atoms with Crippen LogP contribution in [0.4, 0.5) is 0 Å². The Labute approximate surface area is 93.9 Å². The van der Waals surface area contributed by atoms with Gasteiger partial charge in [-0.1, -0.05) is 6.07 Å². The molecule has 0 spiro atoms. The molecule has 0 aliphatic rings. The highest BCUT2D eigenvalue weighted by atomic mass is 79.9. The molecular formula is C8H7BrN4S. The molecule has 14 heavy (non-hydrogen) atoms. The molecule has 72 valence electrons. The maximum atomic E-state index is 4.29. The average molecular weight is 271 g/mol. The summed E-state index contributed by atoms with van der Waals surface area (Å²) in [5.41, 5.74) is 0. The lowest BCUT2D eigenvalue weighted by Crippen LogP contribution is -1.92. The molecule has 0 unspecified atom stereocenters. The highest BCUT2D eigenvalue weighted by Gasteiger charge is 2.04. The largest absolute Gasteiger partial charge is 0.244 e. The number of hydrogen-bond donors (Lipinski definition) is 0. The predicted octanol–water partition coefficient (Wildman–Crippen LogP) is 2.12. The van der Waals surface area contributed by atoms with Crippen molar-refractivity contribution in [2.45, 2.75) is 10.2 Å². The summed E-state index contributed by atoms with van der Waals surface area (Å²) in [6, 6.07) is 5.76. The fraction of sp³-hybridized carbons (Fsp3) is 0.125. The molecule has 0 radical (unpaired) electrons. The topological polar surface area (TPSA) is 43.6 Å². The Morgan fingerprint density at radius 2 is 2.29 bits per heavy atom. The van der Waals surface area contributed by atoms with Gasteiger partial charge in [0.15, 0.2) is 5.16 Å². The number of hydrogen-bond acceptors (Lipinski definition) is 4. The van der Waals surface area contributed by atoms with Crippen molar-refractivity contribution in [3.05, 3.63) is 29.1 Å². The van der Waals surface area contributed by atoms with E-state index >= 15 is 0 Å². The highest BCUT2D eigenvalue weighted by Crippen LogP contribution is 2.23. The third-order valence-corrected chi connectivity index (χ3v) is 2.99. The summed E-state index contributed by atoms with van der Waals surface area (Å²) in [5, 5.41) is 5.71. The Kier molecular flexibility index (Phi) is 2.83.